The van der Waals surface area contributed by atoms with E-state index in [1.165, 1.54) is 18.2 Å². The molecule has 1 heterocycles. The van der Waals surface area contributed by atoms with Crippen LogP contribution in [0.5, 0.6) is 0 Å². The van der Waals surface area contributed by atoms with E-state index in [1.807, 2.05) is 24.3 Å². The Balaban J connectivity index is 1.90. The van der Waals surface area contributed by atoms with Gasteiger partial charge < -0.3 is 10.7 Å². The number of carbonyl (C=O) groups excluding carboxylic acids is 1. The van der Waals surface area contributed by atoms with Gasteiger partial charge in [-0.05, 0) is 36.2 Å². The van der Waals surface area contributed by atoms with Gasteiger partial charge in [-0.25, -0.2) is 8.42 Å². The van der Waals surface area contributed by atoms with Crippen LogP contribution in [-0.4, -0.2) is 25.4 Å². The number of sulfonamides is 1. The third-order valence-corrected chi connectivity index (χ3v) is 6.11. The number of benzene rings is 2. The van der Waals surface area contributed by atoms with Crippen LogP contribution >= 0.6 is 23.2 Å². The molecule has 3 aromatic rings. The smallest absolute Gasteiger partial charge is 0.242 e. The highest BCUT2D eigenvalue weighted by Gasteiger charge is 2.26. The molecule has 0 bridgehead atoms. The van der Waals surface area contributed by atoms with Gasteiger partial charge in [0.15, 0.2) is 0 Å². The highest BCUT2D eigenvalue weighted by molar-refractivity contribution is 7.89. The number of nitrogens with two attached hydrogens (primary N) is 1. The first kappa shape index (κ1) is 18.7. The molecule has 3 rings (SSSR count). The molecule has 0 aliphatic rings. The van der Waals surface area contributed by atoms with E-state index in [-0.39, 0.29) is 16.3 Å². The lowest BCUT2D eigenvalue weighted by atomic mass is 10.1. The van der Waals surface area contributed by atoms with Gasteiger partial charge in [0.1, 0.15) is 10.9 Å². The third-order valence-electron chi connectivity index (χ3n) is 3.92. The van der Waals surface area contributed by atoms with Crippen LogP contribution in [0.15, 0.2) is 53.6 Å². The molecule has 0 aliphatic carbocycles. The number of hydrogen-bond acceptors (Lipinski definition) is 3. The molecule has 0 fully saturated rings. The summed E-state index contributed by atoms with van der Waals surface area (Å²) in [6, 6.07) is 10.4. The number of rotatable bonds is 6. The first-order valence-electron chi connectivity index (χ1n) is 7.59. The van der Waals surface area contributed by atoms with Crippen molar-refractivity contribution in [1.82, 2.24) is 9.71 Å². The molecule has 2 aromatic carbocycles. The first-order chi connectivity index (χ1) is 12.3. The molecule has 136 valence electrons. The Morgan fingerprint density at radius 3 is 2.62 bits per heavy atom. The summed E-state index contributed by atoms with van der Waals surface area (Å²) in [5.74, 6) is -0.788. The number of aromatic nitrogens is 1. The van der Waals surface area contributed by atoms with Crippen molar-refractivity contribution >= 4 is 50.0 Å². The summed E-state index contributed by atoms with van der Waals surface area (Å²) in [4.78, 5) is 14.7. The Kier molecular flexibility index (Phi) is 5.24. The van der Waals surface area contributed by atoms with Crippen LogP contribution in [0, 0.1) is 0 Å². The number of amides is 1. The number of primary amides is 1. The quantitative estimate of drug-likeness (QED) is 0.580. The van der Waals surface area contributed by atoms with Gasteiger partial charge in [0.25, 0.3) is 0 Å². The summed E-state index contributed by atoms with van der Waals surface area (Å²) in [5.41, 5.74) is 7.07. The van der Waals surface area contributed by atoms with Crippen molar-refractivity contribution in [2.24, 2.45) is 5.73 Å². The number of nitrogens with one attached hydrogen (secondary N) is 2. The van der Waals surface area contributed by atoms with Crippen LogP contribution < -0.4 is 10.5 Å². The van der Waals surface area contributed by atoms with Crippen molar-refractivity contribution < 1.29 is 13.2 Å². The monoisotopic (exact) mass is 411 g/mol. The minimum absolute atomic E-state index is 0.0414. The van der Waals surface area contributed by atoms with Crippen molar-refractivity contribution in [3.05, 3.63) is 64.3 Å². The molecule has 0 saturated carbocycles. The van der Waals surface area contributed by atoms with E-state index in [4.69, 9.17) is 28.9 Å². The van der Waals surface area contributed by atoms with Gasteiger partial charge in [0, 0.05) is 22.1 Å². The van der Waals surface area contributed by atoms with E-state index in [0.717, 1.165) is 16.5 Å². The number of carbonyl (C=O) groups is 1. The molecule has 0 saturated heterocycles. The maximum atomic E-state index is 12.6. The Bertz CT molecular complexity index is 1080. The van der Waals surface area contributed by atoms with Gasteiger partial charge in [-0.3, -0.25) is 4.79 Å². The van der Waals surface area contributed by atoms with Crippen molar-refractivity contribution in [3.8, 4) is 0 Å². The lowest BCUT2D eigenvalue weighted by molar-refractivity contribution is -0.119. The Morgan fingerprint density at radius 1 is 1.19 bits per heavy atom. The zero-order chi connectivity index (χ0) is 18.9. The minimum Gasteiger partial charge on any atom is -0.368 e. The highest BCUT2D eigenvalue weighted by atomic mass is 35.5. The van der Waals surface area contributed by atoms with Crippen molar-refractivity contribution in [3.63, 3.8) is 0 Å². The van der Waals surface area contributed by atoms with E-state index in [2.05, 4.69) is 9.71 Å². The van der Waals surface area contributed by atoms with Crippen molar-refractivity contribution in [1.29, 1.82) is 0 Å². The Labute approximate surface area is 160 Å². The van der Waals surface area contributed by atoms with Crippen LogP contribution in [-0.2, 0) is 21.2 Å². The largest absolute Gasteiger partial charge is 0.368 e. The van der Waals surface area contributed by atoms with Gasteiger partial charge in [-0.2, -0.15) is 4.72 Å². The fourth-order valence-electron chi connectivity index (χ4n) is 2.66. The van der Waals surface area contributed by atoms with E-state index in [1.54, 1.807) is 6.20 Å². The molecule has 0 aliphatic heterocycles. The van der Waals surface area contributed by atoms with E-state index >= 15 is 0 Å². The second kappa shape index (κ2) is 7.28. The normalized spacial score (nSPS) is 13.0. The first-order valence-corrected chi connectivity index (χ1v) is 9.83. The zero-order valence-electron chi connectivity index (χ0n) is 13.4. The number of H-pyrrole nitrogens is 1. The maximum absolute atomic E-state index is 12.6. The number of halogens is 2. The molecule has 26 heavy (non-hydrogen) atoms. The van der Waals surface area contributed by atoms with E-state index in [0.29, 0.717) is 5.02 Å². The molecule has 1 atom stereocenters. The Morgan fingerprint density at radius 2 is 1.92 bits per heavy atom. The summed E-state index contributed by atoms with van der Waals surface area (Å²) in [5, 5.41) is 1.15. The van der Waals surface area contributed by atoms with Gasteiger partial charge in [-0.1, -0.05) is 41.4 Å². The summed E-state index contributed by atoms with van der Waals surface area (Å²) < 4.78 is 27.6. The second-order valence-corrected chi connectivity index (χ2v) is 8.24. The number of para-hydroxylation sites is 1. The summed E-state index contributed by atoms with van der Waals surface area (Å²) >= 11 is 11.8. The van der Waals surface area contributed by atoms with Crippen LogP contribution in [0.2, 0.25) is 10.0 Å². The molecule has 1 aromatic heterocycles. The molecular weight excluding hydrogens is 397 g/mol. The molecule has 9 heteroatoms. The molecule has 1 amide bonds. The summed E-state index contributed by atoms with van der Waals surface area (Å²) in [6.07, 6.45) is 1.83. The standard InChI is InChI=1S/C17H15Cl2N3O3S/c18-11-5-6-16(13(19)8-11)26(24,25)22-15(17(20)23)7-10-9-21-14-4-2-1-3-12(10)14/h1-6,8-9,15,21-22H,7H2,(H2,20,23). The van der Waals surface area contributed by atoms with Gasteiger partial charge >= 0.3 is 0 Å². The van der Waals surface area contributed by atoms with Gasteiger partial charge in [-0.15, -0.1) is 0 Å². The molecule has 0 spiro atoms. The fourth-order valence-corrected chi connectivity index (χ4v) is 4.64. The number of fused-ring (bicyclic) bond motifs is 1. The lowest BCUT2D eigenvalue weighted by Gasteiger charge is -2.16. The molecule has 6 nitrogen and oxygen atoms in total. The molecule has 1 unspecified atom stereocenters. The van der Waals surface area contributed by atoms with Crippen molar-refractivity contribution in [2.45, 2.75) is 17.4 Å². The minimum atomic E-state index is -4.06. The summed E-state index contributed by atoms with van der Waals surface area (Å²) in [6.45, 7) is 0. The topological polar surface area (TPSA) is 105 Å². The number of hydrogen-bond donors (Lipinski definition) is 3. The van der Waals surface area contributed by atoms with Crippen LogP contribution in [0.1, 0.15) is 5.56 Å². The fraction of sp³-hybridized carbons (Fsp3) is 0.118. The predicted octanol–water partition coefficient (Wildman–Crippen LogP) is 2.85. The van der Waals surface area contributed by atoms with E-state index < -0.39 is 22.0 Å². The van der Waals surface area contributed by atoms with Crippen LogP contribution in [0.4, 0.5) is 0 Å². The van der Waals surface area contributed by atoms with Crippen LogP contribution in [0.25, 0.3) is 10.9 Å². The number of aromatic amines is 1. The average molecular weight is 412 g/mol. The Hall–Kier alpha value is -2.06. The molecular formula is C17H15Cl2N3O3S. The zero-order valence-corrected chi connectivity index (χ0v) is 15.7. The molecule has 4 N–H and O–H groups in total. The SMILES string of the molecule is NC(=O)C(Cc1c[nH]c2ccccc12)NS(=O)(=O)c1ccc(Cl)cc1Cl. The van der Waals surface area contributed by atoms with E-state index in [9.17, 15) is 13.2 Å². The summed E-state index contributed by atoms with van der Waals surface area (Å²) in [7, 11) is -4.06. The second-order valence-electron chi connectivity index (χ2n) is 5.71. The van der Waals surface area contributed by atoms with Gasteiger partial charge in [0.05, 0.1) is 5.02 Å². The maximum Gasteiger partial charge on any atom is 0.242 e. The average Bonchev–Trinajstić information content (AvgIpc) is 2.97. The van der Waals surface area contributed by atoms with Crippen molar-refractivity contribution in [2.75, 3.05) is 0 Å². The highest BCUT2D eigenvalue weighted by Crippen LogP contribution is 2.25. The third kappa shape index (κ3) is 3.86. The van der Waals surface area contributed by atoms with Gasteiger partial charge in [0.2, 0.25) is 15.9 Å². The lowest BCUT2D eigenvalue weighted by Crippen LogP contribution is -2.45. The molecule has 0 radical (unpaired) electrons. The predicted molar refractivity (Wildman–Crippen MR) is 102 cm³/mol. The van der Waals surface area contributed by atoms with Crippen LogP contribution in [0.3, 0.4) is 0 Å².